The first-order valence-corrected chi connectivity index (χ1v) is 19.5. The number of rotatable bonds is 3. The molecule has 0 aliphatic carbocycles. The lowest BCUT2D eigenvalue weighted by Gasteiger charge is -2.16. The molecule has 0 unspecified atom stereocenters. The zero-order chi connectivity index (χ0) is 36.7. The molecule has 0 radical (unpaired) electrons. The van der Waals surface area contributed by atoms with Crippen LogP contribution < -0.4 is 0 Å². The van der Waals surface area contributed by atoms with Gasteiger partial charge in [0.05, 0.1) is 0 Å². The Hall–Kier alpha value is -7.28. The Balaban J connectivity index is 1.08. The first-order valence-electron chi connectivity index (χ1n) is 19.5. The third-order valence-corrected chi connectivity index (χ3v) is 12.1. The second-order valence-corrected chi connectivity index (χ2v) is 15.3. The van der Waals surface area contributed by atoms with E-state index in [2.05, 4.69) is 206 Å². The monoisotopic (exact) mass is 706 g/mol. The molecule has 258 valence electrons. The standard InChI is InChI=1S/C56H34/c1-3-13-37-31-51-39(27-35(37)11-1)15-5-21-45(51)47-23-7-17-41-29-43-19-9-25-49(55(43)33-53(41)47)50-26-10-20-44-30-42-18-8-24-48(54(42)34-56(44)50)46-22-6-16-40-28-36-12-2-4-14-38(36)32-52(40)46/h1-34H. The van der Waals surface area contributed by atoms with Gasteiger partial charge in [-0.1, -0.05) is 158 Å². The molecule has 12 aromatic carbocycles. The fourth-order valence-electron chi connectivity index (χ4n) is 9.45. The van der Waals surface area contributed by atoms with E-state index in [4.69, 9.17) is 0 Å². The molecule has 0 fully saturated rings. The molecule has 0 N–H and O–H groups in total. The number of hydrogen-bond acceptors (Lipinski definition) is 0. The van der Waals surface area contributed by atoms with Gasteiger partial charge in [0.25, 0.3) is 0 Å². The highest BCUT2D eigenvalue weighted by molar-refractivity contribution is 6.17. The largest absolute Gasteiger partial charge is 0.0616 e. The maximum atomic E-state index is 2.45. The van der Waals surface area contributed by atoms with E-state index in [0.717, 1.165) is 0 Å². The Labute approximate surface area is 324 Å². The lowest BCUT2D eigenvalue weighted by atomic mass is 9.88. The van der Waals surface area contributed by atoms with Crippen molar-refractivity contribution < 1.29 is 0 Å². The van der Waals surface area contributed by atoms with Crippen LogP contribution >= 0.6 is 0 Å². The van der Waals surface area contributed by atoms with Crippen molar-refractivity contribution in [1.82, 2.24) is 0 Å². The highest BCUT2D eigenvalue weighted by Crippen LogP contribution is 2.43. The van der Waals surface area contributed by atoms with Crippen molar-refractivity contribution >= 4 is 86.2 Å². The lowest BCUT2D eigenvalue weighted by molar-refractivity contribution is 1.68. The molecule has 0 aromatic heterocycles. The first kappa shape index (κ1) is 31.1. The van der Waals surface area contributed by atoms with E-state index in [-0.39, 0.29) is 0 Å². The topological polar surface area (TPSA) is 0 Å². The van der Waals surface area contributed by atoms with Crippen molar-refractivity contribution in [3.8, 4) is 33.4 Å². The van der Waals surface area contributed by atoms with Gasteiger partial charge in [0.15, 0.2) is 0 Å². The van der Waals surface area contributed by atoms with Gasteiger partial charge >= 0.3 is 0 Å². The number of fused-ring (bicyclic) bond motifs is 8. The molecule has 0 atom stereocenters. The van der Waals surface area contributed by atoms with Gasteiger partial charge in [0.2, 0.25) is 0 Å². The normalized spacial score (nSPS) is 11.9. The molecule has 0 bridgehead atoms. The number of benzene rings is 12. The van der Waals surface area contributed by atoms with E-state index in [1.54, 1.807) is 0 Å². The molecule has 0 amide bonds. The molecule has 0 saturated carbocycles. The molecule has 56 heavy (non-hydrogen) atoms. The van der Waals surface area contributed by atoms with Gasteiger partial charge in [-0.05, 0) is 168 Å². The van der Waals surface area contributed by atoms with E-state index in [1.165, 1.54) is 120 Å². The van der Waals surface area contributed by atoms with Crippen molar-refractivity contribution in [2.45, 2.75) is 0 Å². The molecular formula is C56H34. The summed E-state index contributed by atoms with van der Waals surface area (Å²) in [5, 5.41) is 20.2. The van der Waals surface area contributed by atoms with E-state index in [9.17, 15) is 0 Å². The average molecular weight is 707 g/mol. The van der Waals surface area contributed by atoms with Gasteiger partial charge in [-0.2, -0.15) is 0 Å². The predicted molar refractivity (Wildman–Crippen MR) is 243 cm³/mol. The van der Waals surface area contributed by atoms with Crippen molar-refractivity contribution in [3.05, 3.63) is 206 Å². The van der Waals surface area contributed by atoms with Gasteiger partial charge in [0.1, 0.15) is 0 Å². The van der Waals surface area contributed by atoms with Crippen LogP contribution in [0.15, 0.2) is 206 Å². The minimum atomic E-state index is 1.25. The molecule has 12 aromatic rings. The summed E-state index contributed by atoms with van der Waals surface area (Å²) in [4.78, 5) is 0. The number of hydrogen-bond donors (Lipinski definition) is 0. The highest BCUT2D eigenvalue weighted by atomic mass is 14.2. The summed E-state index contributed by atoms with van der Waals surface area (Å²) < 4.78 is 0. The molecule has 12 rings (SSSR count). The predicted octanol–water partition coefficient (Wildman–Crippen LogP) is 15.9. The van der Waals surface area contributed by atoms with Crippen molar-refractivity contribution in [1.29, 1.82) is 0 Å². The molecule has 0 spiro atoms. The Morgan fingerprint density at radius 2 is 0.339 bits per heavy atom. The quantitative estimate of drug-likeness (QED) is 0.160. The average Bonchev–Trinajstić information content (AvgIpc) is 3.25. The maximum absolute atomic E-state index is 2.45. The van der Waals surface area contributed by atoms with Crippen molar-refractivity contribution in [2.75, 3.05) is 0 Å². The fraction of sp³-hybridized carbons (Fsp3) is 0. The van der Waals surface area contributed by atoms with Gasteiger partial charge in [0, 0.05) is 0 Å². The molecule has 0 aliphatic heterocycles. The second kappa shape index (κ2) is 12.1. The minimum absolute atomic E-state index is 1.25. The van der Waals surface area contributed by atoms with E-state index < -0.39 is 0 Å². The van der Waals surface area contributed by atoms with Crippen LogP contribution in [-0.2, 0) is 0 Å². The van der Waals surface area contributed by atoms with Crippen LogP contribution in [0.2, 0.25) is 0 Å². The third kappa shape index (κ3) is 4.79. The summed E-state index contributed by atoms with van der Waals surface area (Å²) in [6.45, 7) is 0. The Morgan fingerprint density at radius 3 is 0.607 bits per heavy atom. The second-order valence-electron chi connectivity index (χ2n) is 15.3. The Morgan fingerprint density at radius 1 is 0.143 bits per heavy atom. The van der Waals surface area contributed by atoms with Crippen LogP contribution in [0.1, 0.15) is 0 Å². The minimum Gasteiger partial charge on any atom is -0.0616 e. The summed E-state index contributed by atoms with van der Waals surface area (Å²) in [6, 6.07) is 76.9. The molecular weight excluding hydrogens is 673 g/mol. The van der Waals surface area contributed by atoms with Crippen LogP contribution in [0.3, 0.4) is 0 Å². The van der Waals surface area contributed by atoms with E-state index in [0.29, 0.717) is 0 Å². The van der Waals surface area contributed by atoms with Gasteiger partial charge in [-0.3, -0.25) is 0 Å². The SMILES string of the molecule is c1ccc2cc3c(-c4cccc5cc6cccc(-c7cccc8cc9cccc(-c%10cccc%11cc%12ccccc%12cc%10%11)c9cc78)c6cc45)cccc3cc2c1. The van der Waals surface area contributed by atoms with Crippen LogP contribution in [0.5, 0.6) is 0 Å². The van der Waals surface area contributed by atoms with Crippen LogP contribution in [0.25, 0.3) is 120 Å². The van der Waals surface area contributed by atoms with E-state index >= 15 is 0 Å². The third-order valence-electron chi connectivity index (χ3n) is 12.1. The summed E-state index contributed by atoms with van der Waals surface area (Å²) >= 11 is 0. The van der Waals surface area contributed by atoms with Gasteiger partial charge in [-0.15, -0.1) is 0 Å². The smallest absolute Gasteiger partial charge is 0.00986 e. The highest BCUT2D eigenvalue weighted by Gasteiger charge is 2.15. The maximum Gasteiger partial charge on any atom is -0.00986 e. The summed E-state index contributed by atoms with van der Waals surface area (Å²) in [7, 11) is 0. The molecule has 0 heteroatoms. The zero-order valence-corrected chi connectivity index (χ0v) is 30.6. The van der Waals surface area contributed by atoms with Gasteiger partial charge in [-0.25, -0.2) is 0 Å². The molecule has 0 aliphatic rings. The van der Waals surface area contributed by atoms with Gasteiger partial charge < -0.3 is 0 Å². The van der Waals surface area contributed by atoms with Crippen molar-refractivity contribution in [3.63, 3.8) is 0 Å². The molecule has 0 nitrogen and oxygen atoms in total. The fourth-order valence-corrected chi connectivity index (χ4v) is 9.45. The molecule has 0 heterocycles. The van der Waals surface area contributed by atoms with Crippen LogP contribution in [-0.4, -0.2) is 0 Å². The summed E-state index contributed by atoms with van der Waals surface area (Å²) in [5.41, 5.74) is 7.56. The van der Waals surface area contributed by atoms with E-state index in [1.807, 2.05) is 0 Å². The zero-order valence-electron chi connectivity index (χ0n) is 30.6. The van der Waals surface area contributed by atoms with Crippen molar-refractivity contribution in [2.24, 2.45) is 0 Å². The Kier molecular flexibility index (Phi) is 6.73. The van der Waals surface area contributed by atoms with Crippen LogP contribution in [0.4, 0.5) is 0 Å². The first-order chi connectivity index (χ1) is 27.7. The van der Waals surface area contributed by atoms with Crippen LogP contribution in [0, 0.1) is 0 Å². The lowest BCUT2D eigenvalue weighted by Crippen LogP contribution is -1.89. The Bertz CT molecular complexity index is 3350. The summed E-state index contributed by atoms with van der Waals surface area (Å²) in [5.74, 6) is 0. The molecule has 0 saturated heterocycles. The summed E-state index contributed by atoms with van der Waals surface area (Å²) in [6.07, 6.45) is 0.